The molecule has 0 aromatic heterocycles. The van der Waals surface area contributed by atoms with E-state index in [0.29, 0.717) is 24.7 Å². The lowest BCUT2D eigenvalue weighted by atomic mass is 9.43. The van der Waals surface area contributed by atoms with Gasteiger partial charge < -0.3 is 15.3 Å². The molecule has 4 rings (SSSR count). The third-order valence-corrected chi connectivity index (χ3v) is 9.37. The van der Waals surface area contributed by atoms with Crippen molar-refractivity contribution in [2.24, 2.45) is 34.5 Å². The highest BCUT2D eigenvalue weighted by atomic mass is 16.3. The van der Waals surface area contributed by atoms with Gasteiger partial charge in [-0.25, -0.2) is 0 Å². The molecule has 8 atom stereocenters. The molecule has 0 aromatic carbocycles. The Balaban J connectivity index is 1.66. The smallest absolute Gasteiger partial charge is 0.161 e. The van der Waals surface area contributed by atoms with E-state index in [9.17, 15) is 20.1 Å². The topological polar surface area (TPSA) is 77.8 Å². The monoisotopic (exact) mass is 350 g/mol. The van der Waals surface area contributed by atoms with Crippen molar-refractivity contribution in [2.75, 3.05) is 6.61 Å². The van der Waals surface area contributed by atoms with Gasteiger partial charge in [0.05, 0.1) is 11.7 Å². The van der Waals surface area contributed by atoms with Gasteiger partial charge in [0, 0.05) is 11.3 Å². The lowest BCUT2D eigenvalue weighted by Gasteiger charge is -2.63. The van der Waals surface area contributed by atoms with Crippen molar-refractivity contribution in [3.8, 4) is 0 Å². The second-order valence-electron chi connectivity index (χ2n) is 10.0. The molecule has 4 saturated carbocycles. The first-order valence-corrected chi connectivity index (χ1v) is 10.3. The van der Waals surface area contributed by atoms with Crippen LogP contribution in [0.25, 0.3) is 0 Å². The molecule has 3 N–H and O–H groups in total. The van der Waals surface area contributed by atoms with Gasteiger partial charge in [0.2, 0.25) is 0 Å². The van der Waals surface area contributed by atoms with Crippen LogP contribution in [-0.2, 0) is 4.79 Å². The maximum atomic E-state index is 12.3. The highest BCUT2D eigenvalue weighted by molar-refractivity contribution is 5.83. The van der Waals surface area contributed by atoms with Crippen molar-refractivity contribution in [1.29, 1.82) is 0 Å². The number of hydrogen-bond donors (Lipinski definition) is 3. The highest BCUT2D eigenvalue weighted by Crippen LogP contribution is 2.69. The summed E-state index contributed by atoms with van der Waals surface area (Å²) in [6, 6.07) is 0. The molecule has 0 aromatic rings. The van der Waals surface area contributed by atoms with E-state index in [1.165, 1.54) is 0 Å². The van der Waals surface area contributed by atoms with Crippen molar-refractivity contribution in [1.82, 2.24) is 0 Å². The minimum atomic E-state index is -0.768. The fourth-order valence-electron chi connectivity index (χ4n) is 7.83. The molecule has 0 aliphatic heterocycles. The van der Waals surface area contributed by atoms with E-state index in [4.69, 9.17) is 0 Å². The van der Waals surface area contributed by atoms with Gasteiger partial charge in [0.25, 0.3) is 0 Å². The van der Waals surface area contributed by atoms with E-state index in [2.05, 4.69) is 13.8 Å². The molecule has 4 nitrogen and oxygen atoms in total. The summed E-state index contributed by atoms with van der Waals surface area (Å²) < 4.78 is 0. The standard InChI is InChI=1S/C21H34O4/c1-19-8-5-14(23)11-13(19)3-4-16-15(19)6-9-20(2)17(18(24)12-22)7-10-21(16,20)25/h13-17,22-23,25H,3-12H2,1-2H3/t13?,14?,15-,16+,17+,19-,20+,21-/m0/s1. The predicted molar refractivity (Wildman–Crippen MR) is 94.8 cm³/mol. The van der Waals surface area contributed by atoms with Crippen molar-refractivity contribution in [3.05, 3.63) is 0 Å². The fourth-order valence-corrected chi connectivity index (χ4v) is 7.83. The summed E-state index contributed by atoms with van der Waals surface area (Å²) in [5.74, 6) is 1.06. The number of ketones is 1. The third-order valence-electron chi connectivity index (χ3n) is 9.37. The fraction of sp³-hybridized carbons (Fsp3) is 0.952. The molecule has 142 valence electrons. The second-order valence-corrected chi connectivity index (χ2v) is 10.0. The molecule has 0 amide bonds. The number of aliphatic hydroxyl groups is 3. The zero-order chi connectivity index (χ0) is 18.0. The second kappa shape index (κ2) is 5.77. The molecule has 2 unspecified atom stereocenters. The quantitative estimate of drug-likeness (QED) is 0.715. The normalized spacial score (nSPS) is 55.2. The lowest BCUT2D eigenvalue weighted by molar-refractivity contribution is -0.210. The van der Waals surface area contributed by atoms with Crippen molar-refractivity contribution < 1.29 is 20.1 Å². The zero-order valence-corrected chi connectivity index (χ0v) is 15.7. The SMILES string of the molecule is C[C@]12CCC(O)CC1CC[C@@H]1[C@@H]2CC[C@]2(C)[C@@H](C(=O)CO)CC[C@]12O. The van der Waals surface area contributed by atoms with Gasteiger partial charge in [-0.1, -0.05) is 13.8 Å². The van der Waals surface area contributed by atoms with Crippen LogP contribution in [0.5, 0.6) is 0 Å². The van der Waals surface area contributed by atoms with E-state index in [0.717, 1.165) is 44.9 Å². The van der Waals surface area contributed by atoms with Gasteiger partial charge in [-0.2, -0.15) is 0 Å². The molecule has 0 bridgehead atoms. The van der Waals surface area contributed by atoms with E-state index in [1.807, 2.05) is 0 Å². The Kier molecular flexibility index (Phi) is 4.14. The largest absolute Gasteiger partial charge is 0.393 e. The molecule has 4 aliphatic rings. The molecule has 0 saturated heterocycles. The van der Waals surface area contributed by atoms with Crippen LogP contribution in [0, 0.1) is 34.5 Å². The maximum absolute atomic E-state index is 12.3. The van der Waals surface area contributed by atoms with Gasteiger partial charge in [-0.3, -0.25) is 4.79 Å². The average Bonchev–Trinajstić information content (AvgIpc) is 2.86. The Morgan fingerprint density at radius 2 is 1.76 bits per heavy atom. The summed E-state index contributed by atoms with van der Waals surface area (Å²) in [5.41, 5.74) is -0.931. The van der Waals surface area contributed by atoms with Gasteiger partial charge in [0.15, 0.2) is 5.78 Å². The first kappa shape index (κ1) is 17.9. The summed E-state index contributed by atoms with van der Waals surface area (Å²) in [6.07, 6.45) is 8.19. The number of aliphatic hydroxyl groups excluding tert-OH is 2. The van der Waals surface area contributed by atoms with Crippen molar-refractivity contribution >= 4 is 5.78 Å². The number of carbonyl (C=O) groups is 1. The number of hydrogen-bond acceptors (Lipinski definition) is 4. The molecular formula is C21H34O4. The number of Topliss-reactive ketones (excluding diaryl/α,β-unsaturated/α-hetero) is 1. The summed E-state index contributed by atoms with van der Waals surface area (Å²) in [7, 11) is 0. The number of rotatable bonds is 2. The Morgan fingerprint density at radius 3 is 2.48 bits per heavy atom. The summed E-state index contributed by atoms with van der Waals surface area (Å²) in [5, 5.41) is 31.3. The summed E-state index contributed by atoms with van der Waals surface area (Å²) >= 11 is 0. The molecule has 4 aliphatic carbocycles. The summed E-state index contributed by atoms with van der Waals surface area (Å²) in [4.78, 5) is 12.3. The Hall–Kier alpha value is -0.450. The predicted octanol–water partition coefficient (Wildman–Crippen LogP) is 2.68. The summed E-state index contributed by atoms with van der Waals surface area (Å²) in [6.45, 7) is 4.10. The first-order valence-electron chi connectivity index (χ1n) is 10.3. The van der Waals surface area contributed by atoms with Crippen LogP contribution in [0.4, 0.5) is 0 Å². The van der Waals surface area contributed by atoms with Crippen LogP contribution in [0.3, 0.4) is 0 Å². The van der Waals surface area contributed by atoms with Crippen LogP contribution in [0.1, 0.15) is 71.6 Å². The molecular weight excluding hydrogens is 316 g/mol. The average molecular weight is 350 g/mol. The lowest BCUT2D eigenvalue weighted by Crippen LogP contribution is -2.62. The maximum Gasteiger partial charge on any atom is 0.161 e. The molecule has 4 fully saturated rings. The molecule has 25 heavy (non-hydrogen) atoms. The zero-order valence-electron chi connectivity index (χ0n) is 15.7. The minimum absolute atomic E-state index is 0.0856. The molecule has 0 radical (unpaired) electrons. The van der Waals surface area contributed by atoms with Gasteiger partial charge in [-0.05, 0) is 81.0 Å². The number of fused-ring (bicyclic) bond motifs is 5. The van der Waals surface area contributed by atoms with Crippen LogP contribution < -0.4 is 0 Å². The van der Waals surface area contributed by atoms with Gasteiger partial charge >= 0.3 is 0 Å². The van der Waals surface area contributed by atoms with Crippen LogP contribution in [0.15, 0.2) is 0 Å². The number of carbonyl (C=O) groups excluding carboxylic acids is 1. The van der Waals surface area contributed by atoms with Crippen LogP contribution in [-0.4, -0.2) is 39.4 Å². The van der Waals surface area contributed by atoms with Crippen LogP contribution >= 0.6 is 0 Å². The van der Waals surface area contributed by atoms with Crippen molar-refractivity contribution in [3.63, 3.8) is 0 Å². The van der Waals surface area contributed by atoms with Gasteiger partial charge in [0.1, 0.15) is 6.61 Å². The van der Waals surface area contributed by atoms with E-state index in [1.54, 1.807) is 0 Å². The van der Waals surface area contributed by atoms with Crippen molar-refractivity contribution in [2.45, 2.75) is 83.3 Å². The van der Waals surface area contributed by atoms with E-state index in [-0.39, 0.29) is 34.6 Å². The molecule has 0 spiro atoms. The Labute approximate surface area is 151 Å². The third kappa shape index (κ3) is 2.26. The van der Waals surface area contributed by atoms with E-state index >= 15 is 0 Å². The Morgan fingerprint density at radius 1 is 1.00 bits per heavy atom. The first-order chi connectivity index (χ1) is 11.8. The molecule has 4 heteroatoms. The Bertz CT molecular complexity index is 562. The van der Waals surface area contributed by atoms with Crippen LogP contribution in [0.2, 0.25) is 0 Å². The van der Waals surface area contributed by atoms with Gasteiger partial charge in [-0.15, -0.1) is 0 Å². The minimum Gasteiger partial charge on any atom is -0.393 e. The van der Waals surface area contributed by atoms with E-state index < -0.39 is 12.2 Å². The highest BCUT2D eigenvalue weighted by Gasteiger charge is 2.68. The molecule has 0 heterocycles.